The molecule has 0 unspecified atom stereocenters. The van der Waals surface area contributed by atoms with Gasteiger partial charge in [0.15, 0.2) is 0 Å². The predicted molar refractivity (Wildman–Crippen MR) is 101 cm³/mol. The number of amides is 1. The monoisotopic (exact) mass is 371 g/mol. The fourth-order valence-corrected chi connectivity index (χ4v) is 3.62. The Morgan fingerprint density at radius 2 is 2.11 bits per heavy atom. The van der Waals surface area contributed by atoms with Crippen LogP contribution in [0.1, 0.15) is 48.4 Å². The number of anilines is 1. The molecule has 3 heterocycles. The van der Waals surface area contributed by atoms with Crippen LogP contribution in [0, 0.1) is 6.92 Å². The molecule has 2 aliphatic rings. The van der Waals surface area contributed by atoms with Gasteiger partial charge in [0.2, 0.25) is 5.82 Å². The van der Waals surface area contributed by atoms with Gasteiger partial charge in [0, 0.05) is 19.6 Å². The normalized spacial score (nSPS) is 17.8. The van der Waals surface area contributed by atoms with Crippen LogP contribution in [0.3, 0.4) is 0 Å². The summed E-state index contributed by atoms with van der Waals surface area (Å²) < 4.78 is 10.7. The number of morpholine rings is 1. The molecule has 1 amide bonds. The molecular weight excluding hydrogens is 346 g/mol. The smallest absolute Gasteiger partial charge is 0.289 e. The molecule has 27 heavy (non-hydrogen) atoms. The van der Waals surface area contributed by atoms with E-state index in [0.717, 1.165) is 30.3 Å². The highest BCUT2D eigenvalue weighted by atomic mass is 16.5. The number of nitrogens with zero attached hydrogens (tertiary/aromatic N) is 4. The van der Waals surface area contributed by atoms with Crippen molar-refractivity contribution in [1.82, 2.24) is 20.4 Å². The van der Waals surface area contributed by atoms with Crippen LogP contribution < -0.4 is 10.2 Å². The molecule has 1 saturated heterocycles. The van der Waals surface area contributed by atoms with Gasteiger partial charge in [-0.05, 0) is 39.0 Å². The molecule has 0 saturated carbocycles. The van der Waals surface area contributed by atoms with Crippen molar-refractivity contribution in [2.45, 2.75) is 39.0 Å². The molecule has 0 aromatic carbocycles. The molecule has 4 rings (SSSR count). The summed E-state index contributed by atoms with van der Waals surface area (Å²) >= 11 is 0. The van der Waals surface area contributed by atoms with Crippen LogP contribution in [-0.4, -0.2) is 53.9 Å². The number of aromatic nitrogens is 3. The Balaban J connectivity index is 1.52. The summed E-state index contributed by atoms with van der Waals surface area (Å²) in [6, 6.07) is 0. The summed E-state index contributed by atoms with van der Waals surface area (Å²) in [6.07, 6.45) is 7.98. The highest BCUT2D eigenvalue weighted by Crippen LogP contribution is 2.27. The molecule has 2 aromatic rings. The molecule has 0 atom stereocenters. The second-order valence-electron chi connectivity index (χ2n) is 7.03. The highest BCUT2D eigenvalue weighted by Gasteiger charge is 2.23. The largest absolute Gasteiger partial charge is 0.378 e. The van der Waals surface area contributed by atoms with Crippen LogP contribution in [0.5, 0.6) is 0 Å². The van der Waals surface area contributed by atoms with Gasteiger partial charge in [-0.3, -0.25) is 4.79 Å². The van der Waals surface area contributed by atoms with Gasteiger partial charge in [-0.1, -0.05) is 16.8 Å². The third-order valence-corrected chi connectivity index (χ3v) is 5.12. The van der Waals surface area contributed by atoms with E-state index in [-0.39, 0.29) is 11.7 Å². The van der Waals surface area contributed by atoms with Gasteiger partial charge in [0.25, 0.3) is 11.6 Å². The molecule has 1 aliphatic carbocycles. The second-order valence-corrected chi connectivity index (χ2v) is 7.03. The summed E-state index contributed by atoms with van der Waals surface area (Å²) in [5, 5.41) is 7.70. The van der Waals surface area contributed by atoms with E-state index in [1.54, 1.807) is 0 Å². The third kappa shape index (κ3) is 3.95. The summed E-state index contributed by atoms with van der Waals surface area (Å²) in [5.74, 6) is 0.539. The van der Waals surface area contributed by atoms with Crippen molar-refractivity contribution >= 4 is 22.8 Å². The molecule has 1 aliphatic heterocycles. The van der Waals surface area contributed by atoms with Gasteiger partial charge in [0.05, 0.1) is 18.9 Å². The maximum absolute atomic E-state index is 12.6. The number of allylic oxidation sites excluding steroid dienone is 1. The number of nitrogens with one attached hydrogen (secondary N) is 1. The fraction of sp³-hybridized carbons (Fsp3) is 0.579. The van der Waals surface area contributed by atoms with Crippen molar-refractivity contribution in [2.24, 2.45) is 0 Å². The Kier molecular flexibility index (Phi) is 5.33. The van der Waals surface area contributed by atoms with E-state index in [9.17, 15) is 4.79 Å². The zero-order valence-electron chi connectivity index (χ0n) is 15.7. The zero-order chi connectivity index (χ0) is 18.6. The van der Waals surface area contributed by atoms with Crippen LogP contribution in [0.4, 0.5) is 5.82 Å². The molecule has 0 bridgehead atoms. The van der Waals surface area contributed by atoms with Crippen LogP contribution in [0.25, 0.3) is 11.1 Å². The molecule has 0 radical (unpaired) electrons. The Morgan fingerprint density at radius 1 is 1.26 bits per heavy atom. The zero-order valence-corrected chi connectivity index (χ0v) is 15.7. The Morgan fingerprint density at radius 3 is 2.89 bits per heavy atom. The number of aryl methyl sites for hydroxylation is 1. The van der Waals surface area contributed by atoms with Gasteiger partial charge in [-0.25, -0.2) is 4.98 Å². The average molecular weight is 371 g/mol. The van der Waals surface area contributed by atoms with E-state index in [0.29, 0.717) is 44.4 Å². The second kappa shape index (κ2) is 8.04. The van der Waals surface area contributed by atoms with Crippen molar-refractivity contribution in [3.8, 4) is 0 Å². The van der Waals surface area contributed by atoms with E-state index < -0.39 is 0 Å². The standard InChI is InChI=1S/C19H25N5O3/c1-13-15-17(24-9-11-26-12-10-24)21-16(22-19(15)27-23-13)18(25)20-8-7-14-5-3-2-4-6-14/h5H,2-4,6-12H2,1H3,(H,20,25). The lowest BCUT2D eigenvalue weighted by molar-refractivity contribution is 0.0943. The first-order chi connectivity index (χ1) is 13.2. The molecule has 144 valence electrons. The van der Waals surface area contributed by atoms with Crippen LogP contribution in [-0.2, 0) is 4.74 Å². The van der Waals surface area contributed by atoms with Crippen LogP contribution in [0.2, 0.25) is 0 Å². The third-order valence-electron chi connectivity index (χ3n) is 5.12. The first-order valence-electron chi connectivity index (χ1n) is 9.65. The molecular formula is C19H25N5O3. The maximum Gasteiger partial charge on any atom is 0.289 e. The van der Waals surface area contributed by atoms with Crippen molar-refractivity contribution in [3.63, 3.8) is 0 Å². The molecule has 1 fully saturated rings. The minimum atomic E-state index is -0.281. The number of carbonyl (C=O) groups is 1. The van der Waals surface area contributed by atoms with Crippen LogP contribution in [0.15, 0.2) is 16.2 Å². The lowest BCUT2D eigenvalue weighted by atomic mass is 9.97. The quantitative estimate of drug-likeness (QED) is 0.807. The number of ether oxygens (including phenoxy) is 1. The molecule has 2 aromatic heterocycles. The molecule has 0 spiro atoms. The van der Waals surface area contributed by atoms with E-state index >= 15 is 0 Å². The Hall–Kier alpha value is -2.48. The van der Waals surface area contributed by atoms with Crippen LogP contribution >= 0.6 is 0 Å². The highest BCUT2D eigenvalue weighted by molar-refractivity contribution is 5.95. The summed E-state index contributed by atoms with van der Waals surface area (Å²) in [7, 11) is 0. The van der Waals surface area contributed by atoms with E-state index in [2.05, 4.69) is 31.4 Å². The Bertz CT molecular complexity index is 854. The van der Waals surface area contributed by atoms with Gasteiger partial charge >= 0.3 is 0 Å². The minimum Gasteiger partial charge on any atom is -0.378 e. The lowest BCUT2D eigenvalue weighted by Crippen LogP contribution is -2.37. The van der Waals surface area contributed by atoms with E-state index in [1.165, 1.54) is 18.4 Å². The predicted octanol–water partition coefficient (Wildman–Crippen LogP) is 2.38. The first kappa shape index (κ1) is 17.9. The first-order valence-corrected chi connectivity index (χ1v) is 9.65. The number of hydrogen-bond donors (Lipinski definition) is 1. The summed E-state index contributed by atoms with van der Waals surface area (Å²) in [4.78, 5) is 23.6. The van der Waals surface area contributed by atoms with Gasteiger partial charge in [-0.15, -0.1) is 0 Å². The number of fused-ring (bicyclic) bond motifs is 1. The summed E-state index contributed by atoms with van der Waals surface area (Å²) in [5.41, 5.74) is 2.50. The molecule has 8 heteroatoms. The van der Waals surface area contributed by atoms with Gasteiger partial charge in [0.1, 0.15) is 11.2 Å². The summed E-state index contributed by atoms with van der Waals surface area (Å²) in [6.45, 7) is 5.14. The number of carbonyl (C=O) groups excluding carboxylic acids is 1. The molecule has 1 N–H and O–H groups in total. The van der Waals surface area contributed by atoms with E-state index in [4.69, 9.17) is 9.26 Å². The van der Waals surface area contributed by atoms with Gasteiger partial charge < -0.3 is 19.5 Å². The topological polar surface area (TPSA) is 93.4 Å². The molecule has 8 nitrogen and oxygen atoms in total. The minimum absolute atomic E-state index is 0.123. The number of hydrogen-bond acceptors (Lipinski definition) is 7. The fourth-order valence-electron chi connectivity index (χ4n) is 3.62. The maximum atomic E-state index is 12.6. The van der Waals surface area contributed by atoms with Crippen molar-refractivity contribution < 1.29 is 14.1 Å². The lowest BCUT2D eigenvalue weighted by Gasteiger charge is -2.28. The van der Waals surface area contributed by atoms with Crippen molar-refractivity contribution in [3.05, 3.63) is 23.2 Å². The Labute approximate surface area is 158 Å². The average Bonchev–Trinajstić information content (AvgIpc) is 3.10. The van der Waals surface area contributed by atoms with Crippen molar-refractivity contribution in [2.75, 3.05) is 37.7 Å². The number of rotatable bonds is 5. The van der Waals surface area contributed by atoms with Crippen molar-refractivity contribution in [1.29, 1.82) is 0 Å². The van der Waals surface area contributed by atoms with E-state index in [1.807, 2.05) is 6.92 Å². The SMILES string of the molecule is Cc1noc2nc(C(=O)NCCC3=CCCCC3)nc(N3CCOCC3)c12. The van der Waals surface area contributed by atoms with Gasteiger partial charge in [-0.2, -0.15) is 4.98 Å².